The molecule has 1 aromatic carbocycles. The standard InChI is InChI=1S/C10H13Cl2NO2S/c1-13-5-2-6-16(14,15)8-3-4-9(11)10(12)7-8/h3-4,7,13H,2,5-6H2,1H3. The van der Waals surface area contributed by atoms with E-state index in [4.69, 9.17) is 23.2 Å². The molecule has 0 aliphatic heterocycles. The molecule has 1 aromatic rings. The van der Waals surface area contributed by atoms with Gasteiger partial charge in [-0.15, -0.1) is 0 Å². The second-order valence-corrected chi connectivity index (χ2v) is 6.28. The van der Waals surface area contributed by atoms with Crippen molar-refractivity contribution in [3.8, 4) is 0 Å². The SMILES string of the molecule is CNCCCS(=O)(=O)c1ccc(Cl)c(Cl)c1. The van der Waals surface area contributed by atoms with Crippen LogP contribution in [0.5, 0.6) is 0 Å². The summed E-state index contributed by atoms with van der Waals surface area (Å²) in [5.41, 5.74) is 0. The first-order valence-corrected chi connectivity index (χ1v) is 7.20. The fourth-order valence-electron chi connectivity index (χ4n) is 1.23. The van der Waals surface area contributed by atoms with Gasteiger partial charge in [-0.1, -0.05) is 23.2 Å². The van der Waals surface area contributed by atoms with Crippen LogP contribution in [0.4, 0.5) is 0 Å². The Labute approximate surface area is 106 Å². The molecule has 0 saturated heterocycles. The summed E-state index contributed by atoms with van der Waals surface area (Å²) in [4.78, 5) is 0.220. The zero-order chi connectivity index (χ0) is 12.2. The minimum atomic E-state index is -3.25. The Balaban J connectivity index is 2.86. The highest BCUT2D eigenvalue weighted by Crippen LogP contribution is 2.25. The molecule has 0 atom stereocenters. The third-order valence-corrected chi connectivity index (χ3v) is 4.63. The van der Waals surface area contributed by atoms with Crippen molar-refractivity contribution in [2.24, 2.45) is 0 Å². The van der Waals surface area contributed by atoms with Gasteiger partial charge in [-0.05, 0) is 38.2 Å². The Kier molecular flexibility index (Phi) is 5.05. The van der Waals surface area contributed by atoms with E-state index in [9.17, 15) is 8.42 Å². The maximum absolute atomic E-state index is 11.8. The monoisotopic (exact) mass is 281 g/mol. The van der Waals surface area contributed by atoms with Crippen LogP contribution < -0.4 is 5.32 Å². The van der Waals surface area contributed by atoms with Crippen LogP contribution in [-0.4, -0.2) is 27.8 Å². The Morgan fingerprint density at radius 3 is 2.50 bits per heavy atom. The largest absolute Gasteiger partial charge is 0.320 e. The van der Waals surface area contributed by atoms with Crippen molar-refractivity contribution in [3.05, 3.63) is 28.2 Å². The summed E-state index contributed by atoms with van der Waals surface area (Å²) in [5, 5.41) is 3.52. The van der Waals surface area contributed by atoms with Gasteiger partial charge in [0.2, 0.25) is 0 Å². The lowest BCUT2D eigenvalue weighted by Crippen LogP contribution is -2.14. The second-order valence-electron chi connectivity index (χ2n) is 3.35. The van der Waals surface area contributed by atoms with Crippen molar-refractivity contribution < 1.29 is 8.42 Å². The summed E-state index contributed by atoms with van der Waals surface area (Å²) >= 11 is 11.5. The molecule has 0 aliphatic rings. The maximum atomic E-state index is 11.8. The molecule has 90 valence electrons. The molecule has 0 spiro atoms. The van der Waals surface area contributed by atoms with E-state index < -0.39 is 9.84 Å². The van der Waals surface area contributed by atoms with Crippen molar-refractivity contribution in [1.29, 1.82) is 0 Å². The number of hydrogen-bond donors (Lipinski definition) is 1. The molecule has 0 aromatic heterocycles. The van der Waals surface area contributed by atoms with Gasteiger partial charge in [-0.25, -0.2) is 8.42 Å². The molecule has 16 heavy (non-hydrogen) atoms. The number of sulfone groups is 1. The smallest absolute Gasteiger partial charge is 0.178 e. The third kappa shape index (κ3) is 3.63. The minimum absolute atomic E-state index is 0.103. The van der Waals surface area contributed by atoms with Gasteiger partial charge < -0.3 is 5.32 Å². The summed E-state index contributed by atoms with van der Waals surface area (Å²) in [6.07, 6.45) is 0.569. The first kappa shape index (κ1) is 13.8. The van der Waals surface area contributed by atoms with Gasteiger partial charge in [0.25, 0.3) is 0 Å². The van der Waals surface area contributed by atoms with Crippen LogP contribution in [0, 0.1) is 0 Å². The fourth-order valence-corrected chi connectivity index (χ4v) is 2.92. The topological polar surface area (TPSA) is 46.2 Å². The van der Waals surface area contributed by atoms with Crippen LogP contribution in [0.1, 0.15) is 6.42 Å². The van der Waals surface area contributed by atoms with E-state index in [2.05, 4.69) is 5.32 Å². The lowest BCUT2D eigenvalue weighted by Gasteiger charge is -2.05. The summed E-state index contributed by atoms with van der Waals surface area (Å²) in [6.45, 7) is 0.667. The highest BCUT2D eigenvalue weighted by molar-refractivity contribution is 7.91. The van der Waals surface area contributed by atoms with Gasteiger partial charge >= 0.3 is 0 Å². The average Bonchev–Trinajstić information content (AvgIpc) is 2.22. The van der Waals surface area contributed by atoms with E-state index in [1.165, 1.54) is 18.2 Å². The Hall–Kier alpha value is -0.290. The number of hydrogen-bond acceptors (Lipinski definition) is 3. The van der Waals surface area contributed by atoms with Crippen LogP contribution in [0.2, 0.25) is 10.0 Å². The van der Waals surface area contributed by atoms with Crippen molar-refractivity contribution in [2.75, 3.05) is 19.3 Å². The predicted molar refractivity (Wildman–Crippen MR) is 67.1 cm³/mol. The van der Waals surface area contributed by atoms with Crippen molar-refractivity contribution >= 4 is 33.0 Å². The van der Waals surface area contributed by atoms with Crippen LogP contribution in [0.25, 0.3) is 0 Å². The van der Waals surface area contributed by atoms with Crippen LogP contribution >= 0.6 is 23.2 Å². The predicted octanol–water partition coefficient (Wildman–Crippen LogP) is 2.38. The van der Waals surface area contributed by atoms with E-state index >= 15 is 0 Å². The van der Waals surface area contributed by atoms with E-state index in [-0.39, 0.29) is 15.7 Å². The molecule has 6 heteroatoms. The molecule has 0 aliphatic carbocycles. The molecule has 0 heterocycles. The van der Waals surface area contributed by atoms with Crippen LogP contribution in [0.3, 0.4) is 0 Å². The highest BCUT2D eigenvalue weighted by Gasteiger charge is 2.14. The summed E-state index contributed by atoms with van der Waals surface area (Å²) in [6, 6.07) is 4.36. The van der Waals surface area contributed by atoms with E-state index in [1.807, 2.05) is 0 Å². The molecular formula is C10H13Cl2NO2S. The maximum Gasteiger partial charge on any atom is 0.178 e. The molecule has 0 fully saturated rings. The normalized spacial score (nSPS) is 11.7. The Morgan fingerprint density at radius 2 is 1.94 bits per heavy atom. The van der Waals surface area contributed by atoms with E-state index in [0.717, 1.165) is 0 Å². The zero-order valence-electron chi connectivity index (χ0n) is 8.83. The molecule has 0 saturated carbocycles. The number of halogens is 2. The van der Waals surface area contributed by atoms with Gasteiger partial charge in [0.15, 0.2) is 9.84 Å². The van der Waals surface area contributed by atoms with Gasteiger partial charge in [0.1, 0.15) is 0 Å². The molecule has 1 N–H and O–H groups in total. The van der Waals surface area contributed by atoms with Crippen LogP contribution in [0.15, 0.2) is 23.1 Å². The minimum Gasteiger partial charge on any atom is -0.320 e. The molecule has 1 rings (SSSR count). The molecular weight excluding hydrogens is 269 g/mol. The Bertz CT molecular complexity index is 460. The van der Waals surface area contributed by atoms with Crippen molar-refractivity contribution in [1.82, 2.24) is 5.32 Å². The second kappa shape index (κ2) is 5.87. The summed E-state index contributed by atoms with van der Waals surface area (Å²) < 4.78 is 23.7. The van der Waals surface area contributed by atoms with E-state index in [0.29, 0.717) is 18.0 Å². The molecule has 0 amide bonds. The van der Waals surface area contributed by atoms with Gasteiger partial charge in [0.05, 0.1) is 20.7 Å². The number of rotatable bonds is 5. The lowest BCUT2D eigenvalue weighted by molar-refractivity contribution is 0.592. The quantitative estimate of drug-likeness (QED) is 0.843. The summed E-state index contributed by atoms with van der Waals surface area (Å²) in [7, 11) is -1.47. The summed E-state index contributed by atoms with van der Waals surface area (Å²) in [5.74, 6) is 0.103. The zero-order valence-corrected chi connectivity index (χ0v) is 11.2. The van der Waals surface area contributed by atoms with Crippen molar-refractivity contribution in [3.63, 3.8) is 0 Å². The van der Waals surface area contributed by atoms with Crippen LogP contribution in [-0.2, 0) is 9.84 Å². The average molecular weight is 282 g/mol. The van der Waals surface area contributed by atoms with Gasteiger partial charge in [-0.2, -0.15) is 0 Å². The van der Waals surface area contributed by atoms with E-state index in [1.54, 1.807) is 7.05 Å². The van der Waals surface area contributed by atoms with Gasteiger partial charge in [0, 0.05) is 0 Å². The molecule has 0 bridgehead atoms. The first-order chi connectivity index (χ1) is 7.47. The van der Waals surface area contributed by atoms with Gasteiger partial charge in [-0.3, -0.25) is 0 Å². The first-order valence-electron chi connectivity index (χ1n) is 4.80. The lowest BCUT2D eigenvalue weighted by atomic mass is 10.4. The fraction of sp³-hybridized carbons (Fsp3) is 0.400. The molecule has 0 radical (unpaired) electrons. The van der Waals surface area contributed by atoms with Crippen molar-refractivity contribution in [2.45, 2.75) is 11.3 Å². The Morgan fingerprint density at radius 1 is 1.25 bits per heavy atom. The molecule has 0 unspecified atom stereocenters. The number of benzene rings is 1. The number of nitrogens with one attached hydrogen (secondary N) is 1. The highest BCUT2D eigenvalue weighted by atomic mass is 35.5. The molecule has 3 nitrogen and oxygen atoms in total. The third-order valence-electron chi connectivity index (χ3n) is 2.09.